The van der Waals surface area contributed by atoms with Gasteiger partial charge < -0.3 is 25.8 Å². The number of amidine groups is 1. The Hall–Kier alpha value is -3.23. The van der Waals surface area contributed by atoms with Crippen LogP contribution in [0.4, 0.5) is 11.4 Å². The van der Waals surface area contributed by atoms with Crippen molar-refractivity contribution in [2.45, 2.75) is 44.9 Å². The van der Waals surface area contributed by atoms with E-state index in [-0.39, 0.29) is 12.0 Å². The minimum absolute atomic E-state index is 0.000229. The molecule has 0 radical (unpaired) electrons. The van der Waals surface area contributed by atoms with E-state index in [1.165, 1.54) is 0 Å². The first kappa shape index (κ1) is 22.0. The highest BCUT2D eigenvalue weighted by molar-refractivity contribution is 6.04. The Morgan fingerprint density at radius 2 is 1.97 bits per heavy atom. The molecule has 8 heteroatoms. The number of aliphatic hydroxyl groups excluding tert-OH is 1. The standard InChI is InChI=1S/C24H28N4O4/c1-24(2,3)15-4-7-17(8-5-15)28-10-11-32-20(23(28)31)19(29)22(30)27-16-6-9-18-14(12-16)13-26-21(18)25/h4-9,12,19-20,29H,10-11,13H2,1-3H3,(H2,25,26)(H,27,30)/t19-,20-/m1/s1. The summed E-state index contributed by atoms with van der Waals surface area (Å²) in [5.41, 5.74) is 9.90. The molecule has 0 aromatic heterocycles. The SMILES string of the molecule is CC(C)(C)c1ccc(N2CCO[C@H]([C@@H](O)C(=O)Nc3ccc4c(c3)CN=C4N)C2=O)cc1. The Morgan fingerprint density at radius 1 is 1.25 bits per heavy atom. The molecule has 0 aliphatic carbocycles. The van der Waals surface area contributed by atoms with E-state index in [0.717, 1.165) is 16.7 Å². The van der Waals surface area contributed by atoms with Gasteiger partial charge in [0, 0.05) is 23.5 Å². The van der Waals surface area contributed by atoms with E-state index in [1.54, 1.807) is 23.1 Å². The molecule has 1 fully saturated rings. The number of morpholine rings is 1. The number of amides is 2. The molecule has 0 spiro atoms. The maximum Gasteiger partial charge on any atom is 0.259 e. The van der Waals surface area contributed by atoms with E-state index in [4.69, 9.17) is 10.5 Å². The second-order valence-electron chi connectivity index (χ2n) is 9.09. The number of nitrogens with two attached hydrogens (primary N) is 1. The van der Waals surface area contributed by atoms with Crippen LogP contribution < -0.4 is 16.0 Å². The van der Waals surface area contributed by atoms with Crippen molar-refractivity contribution in [1.29, 1.82) is 0 Å². The van der Waals surface area contributed by atoms with Crippen LogP contribution in [-0.2, 0) is 26.3 Å². The number of anilines is 2. The Labute approximate surface area is 187 Å². The second kappa shape index (κ2) is 8.37. The fraction of sp³-hybridized carbons (Fsp3) is 0.375. The molecule has 2 aliphatic rings. The molecule has 0 saturated carbocycles. The van der Waals surface area contributed by atoms with Crippen molar-refractivity contribution in [3.63, 3.8) is 0 Å². The number of nitrogens with zero attached hydrogens (tertiary/aromatic N) is 2. The molecule has 2 aliphatic heterocycles. The predicted octanol–water partition coefficient (Wildman–Crippen LogP) is 1.93. The van der Waals surface area contributed by atoms with Crippen LogP contribution in [-0.4, -0.2) is 48.1 Å². The highest BCUT2D eigenvalue weighted by Gasteiger charge is 2.39. The van der Waals surface area contributed by atoms with Crippen LogP contribution >= 0.6 is 0 Å². The van der Waals surface area contributed by atoms with Gasteiger partial charge in [-0.1, -0.05) is 32.9 Å². The molecular weight excluding hydrogens is 408 g/mol. The fourth-order valence-corrected chi connectivity index (χ4v) is 3.89. The number of aliphatic imine (C=N–C) groups is 1. The lowest BCUT2D eigenvalue weighted by Gasteiger charge is -2.34. The number of benzene rings is 2. The van der Waals surface area contributed by atoms with Gasteiger partial charge in [-0.05, 0) is 46.9 Å². The van der Waals surface area contributed by atoms with Gasteiger partial charge in [0.25, 0.3) is 11.8 Å². The van der Waals surface area contributed by atoms with Gasteiger partial charge >= 0.3 is 0 Å². The smallest absolute Gasteiger partial charge is 0.259 e. The van der Waals surface area contributed by atoms with Gasteiger partial charge in [0.1, 0.15) is 5.84 Å². The predicted molar refractivity (Wildman–Crippen MR) is 123 cm³/mol. The average Bonchev–Trinajstić information content (AvgIpc) is 3.13. The number of nitrogens with one attached hydrogen (secondary N) is 1. The second-order valence-corrected chi connectivity index (χ2v) is 9.09. The lowest BCUT2D eigenvalue weighted by molar-refractivity contribution is -0.150. The third-order valence-corrected chi connectivity index (χ3v) is 5.79. The van der Waals surface area contributed by atoms with Crippen molar-refractivity contribution in [2.75, 3.05) is 23.4 Å². The van der Waals surface area contributed by atoms with Crippen LogP contribution in [0.2, 0.25) is 0 Å². The zero-order valence-electron chi connectivity index (χ0n) is 18.5. The minimum Gasteiger partial charge on any atom is -0.383 e. The zero-order valence-corrected chi connectivity index (χ0v) is 18.5. The quantitative estimate of drug-likeness (QED) is 0.677. The molecule has 0 unspecified atom stereocenters. The lowest BCUT2D eigenvalue weighted by atomic mass is 9.87. The summed E-state index contributed by atoms with van der Waals surface area (Å²) in [7, 11) is 0. The Bertz CT molecular complexity index is 1070. The first-order chi connectivity index (χ1) is 15.1. The lowest BCUT2D eigenvalue weighted by Crippen LogP contribution is -2.55. The number of ether oxygens (including phenoxy) is 1. The number of rotatable bonds is 4. The van der Waals surface area contributed by atoms with Crippen molar-refractivity contribution in [3.05, 3.63) is 59.2 Å². The molecule has 4 rings (SSSR count). The number of carbonyl (C=O) groups excluding carboxylic acids is 2. The van der Waals surface area contributed by atoms with E-state index in [9.17, 15) is 14.7 Å². The molecule has 8 nitrogen and oxygen atoms in total. The normalized spacial score (nSPS) is 19.4. The topological polar surface area (TPSA) is 117 Å². The first-order valence-corrected chi connectivity index (χ1v) is 10.6. The molecule has 168 valence electrons. The summed E-state index contributed by atoms with van der Waals surface area (Å²) >= 11 is 0. The van der Waals surface area contributed by atoms with Gasteiger partial charge in [-0.2, -0.15) is 0 Å². The maximum atomic E-state index is 13.0. The fourth-order valence-electron chi connectivity index (χ4n) is 3.89. The summed E-state index contributed by atoms with van der Waals surface area (Å²) in [6.45, 7) is 7.38. The summed E-state index contributed by atoms with van der Waals surface area (Å²) in [4.78, 5) is 31.4. The molecule has 2 atom stereocenters. The molecule has 0 bridgehead atoms. The number of hydrogen-bond acceptors (Lipinski definition) is 6. The van der Waals surface area contributed by atoms with Crippen LogP contribution in [0.1, 0.15) is 37.5 Å². The number of fused-ring (bicyclic) bond motifs is 1. The summed E-state index contributed by atoms with van der Waals surface area (Å²) in [6.07, 6.45) is -2.92. The molecule has 2 amide bonds. The Morgan fingerprint density at radius 3 is 2.66 bits per heavy atom. The highest BCUT2D eigenvalue weighted by Crippen LogP contribution is 2.27. The minimum atomic E-state index is -1.64. The molecule has 32 heavy (non-hydrogen) atoms. The molecule has 4 N–H and O–H groups in total. The van der Waals surface area contributed by atoms with Crippen LogP contribution in [0, 0.1) is 0 Å². The van der Waals surface area contributed by atoms with Crippen molar-refractivity contribution in [3.8, 4) is 0 Å². The molecule has 2 aromatic carbocycles. The summed E-state index contributed by atoms with van der Waals surface area (Å²) in [6, 6.07) is 13.0. The van der Waals surface area contributed by atoms with Crippen molar-refractivity contribution < 1.29 is 19.4 Å². The summed E-state index contributed by atoms with van der Waals surface area (Å²) < 4.78 is 5.49. The molecule has 1 saturated heterocycles. The van der Waals surface area contributed by atoms with E-state index < -0.39 is 24.0 Å². The van der Waals surface area contributed by atoms with Gasteiger partial charge in [-0.15, -0.1) is 0 Å². The van der Waals surface area contributed by atoms with Crippen molar-refractivity contribution in [1.82, 2.24) is 0 Å². The van der Waals surface area contributed by atoms with Crippen LogP contribution in [0.5, 0.6) is 0 Å². The van der Waals surface area contributed by atoms with Crippen molar-refractivity contribution in [2.24, 2.45) is 10.7 Å². The average molecular weight is 437 g/mol. The van der Waals surface area contributed by atoms with Gasteiger partial charge in [-0.25, -0.2) is 0 Å². The Kier molecular flexibility index (Phi) is 5.75. The maximum absolute atomic E-state index is 13.0. The zero-order chi connectivity index (χ0) is 23.0. The number of hydrogen-bond donors (Lipinski definition) is 3. The van der Waals surface area contributed by atoms with E-state index in [1.807, 2.05) is 24.3 Å². The van der Waals surface area contributed by atoms with Crippen LogP contribution in [0.3, 0.4) is 0 Å². The molecule has 2 heterocycles. The monoisotopic (exact) mass is 436 g/mol. The number of carbonyl (C=O) groups is 2. The van der Waals surface area contributed by atoms with Gasteiger partial charge in [0.2, 0.25) is 0 Å². The Balaban J connectivity index is 1.45. The van der Waals surface area contributed by atoms with Gasteiger partial charge in [0.05, 0.1) is 13.2 Å². The van der Waals surface area contributed by atoms with E-state index >= 15 is 0 Å². The third kappa shape index (κ3) is 4.24. The van der Waals surface area contributed by atoms with Gasteiger partial charge in [-0.3, -0.25) is 14.6 Å². The first-order valence-electron chi connectivity index (χ1n) is 10.6. The highest BCUT2D eigenvalue weighted by atomic mass is 16.5. The third-order valence-electron chi connectivity index (χ3n) is 5.79. The van der Waals surface area contributed by atoms with Crippen molar-refractivity contribution >= 4 is 29.0 Å². The van der Waals surface area contributed by atoms with Crippen LogP contribution in [0.15, 0.2) is 47.5 Å². The van der Waals surface area contributed by atoms with Gasteiger partial charge in [0.15, 0.2) is 12.2 Å². The number of aliphatic hydroxyl groups is 1. The van der Waals surface area contributed by atoms with E-state index in [2.05, 4.69) is 31.1 Å². The summed E-state index contributed by atoms with van der Waals surface area (Å²) in [5, 5.41) is 13.2. The molecule has 2 aromatic rings. The van der Waals surface area contributed by atoms with Crippen LogP contribution in [0.25, 0.3) is 0 Å². The van der Waals surface area contributed by atoms with E-state index in [0.29, 0.717) is 30.3 Å². The molecular formula is C24H28N4O4. The largest absolute Gasteiger partial charge is 0.383 e. The summed E-state index contributed by atoms with van der Waals surface area (Å²) in [5.74, 6) is -0.688.